The fraction of sp³-hybridized carbons (Fsp3) is 0.455. The second-order valence-electron chi connectivity index (χ2n) is 4.34. The molecule has 0 aromatic carbocycles. The Bertz CT molecular complexity index is 477. The predicted molar refractivity (Wildman–Crippen MR) is 63.3 cm³/mol. The van der Waals surface area contributed by atoms with Gasteiger partial charge >= 0.3 is 11.7 Å². The van der Waals surface area contributed by atoms with E-state index in [1.807, 2.05) is 0 Å². The lowest BCUT2D eigenvalue weighted by Crippen LogP contribution is -2.18. The predicted octanol–water partition coefficient (Wildman–Crippen LogP) is 1.65. The molecule has 0 bridgehead atoms. The van der Waals surface area contributed by atoms with Gasteiger partial charge in [-0.1, -0.05) is 0 Å². The summed E-state index contributed by atoms with van der Waals surface area (Å²) in [6, 6.07) is 1.50. The highest BCUT2D eigenvalue weighted by Crippen LogP contribution is 2.31. The Morgan fingerprint density at radius 1 is 1.56 bits per heavy atom. The maximum absolute atomic E-state index is 10.8. The van der Waals surface area contributed by atoms with Gasteiger partial charge in [0.25, 0.3) is 0 Å². The molecule has 7 heteroatoms. The van der Waals surface area contributed by atoms with E-state index in [4.69, 9.17) is 5.11 Å². The molecule has 96 valence electrons. The minimum absolute atomic E-state index is 0.0350. The summed E-state index contributed by atoms with van der Waals surface area (Å²) in [4.78, 5) is 24.8. The Labute approximate surface area is 103 Å². The van der Waals surface area contributed by atoms with Crippen LogP contribution in [-0.2, 0) is 4.79 Å². The highest BCUT2D eigenvalue weighted by Gasteiger charge is 2.30. The van der Waals surface area contributed by atoms with Crippen molar-refractivity contribution in [1.29, 1.82) is 0 Å². The number of aromatic nitrogens is 1. The molecular formula is C11H13N3O4. The zero-order chi connectivity index (χ0) is 13.1. The first-order valence-electron chi connectivity index (χ1n) is 5.65. The minimum Gasteiger partial charge on any atom is -0.481 e. The molecule has 0 radical (unpaired) electrons. The Balaban J connectivity index is 2.07. The summed E-state index contributed by atoms with van der Waals surface area (Å²) in [5, 5.41) is 22.7. The van der Waals surface area contributed by atoms with Gasteiger partial charge in [0.1, 0.15) is 11.9 Å². The second kappa shape index (κ2) is 4.99. The van der Waals surface area contributed by atoms with Gasteiger partial charge in [-0.05, 0) is 25.3 Å². The number of pyridine rings is 1. The van der Waals surface area contributed by atoms with Gasteiger partial charge in [0.2, 0.25) is 0 Å². The van der Waals surface area contributed by atoms with Crippen LogP contribution >= 0.6 is 0 Å². The van der Waals surface area contributed by atoms with E-state index in [1.54, 1.807) is 0 Å². The molecule has 2 atom stereocenters. The van der Waals surface area contributed by atoms with Crippen molar-refractivity contribution in [3.8, 4) is 0 Å². The molecule has 0 aliphatic heterocycles. The third-order valence-electron chi connectivity index (χ3n) is 3.14. The largest absolute Gasteiger partial charge is 0.481 e. The van der Waals surface area contributed by atoms with E-state index in [-0.39, 0.29) is 17.6 Å². The van der Waals surface area contributed by atoms with Crippen molar-refractivity contribution in [1.82, 2.24) is 4.98 Å². The van der Waals surface area contributed by atoms with Gasteiger partial charge in [0.05, 0.1) is 10.8 Å². The van der Waals surface area contributed by atoms with Gasteiger partial charge in [0.15, 0.2) is 0 Å². The maximum Gasteiger partial charge on any atom is 0.310 e. The highest BCUT2D eigenvalue weighted by atomic mass is 16.6. The molecule has 1 saturated carbocycles. The van der Waals surface area contributed by atoms with Gasteiger partial charge in [0, 0.05) is 12.2 Å². The van der Waals surface area contributed by atoms with Crippen molar-refractivity contribution in [3.05, 3.63) is 28.6 Å². The first-order valence-corrected chi connectivity index (χ1v) is 5.65. The fourth-order valence-corrected chi connectivity index (χ4v) is 2.21. The molecule has 2 unspecified atom stereocenters. The van der Waals surface area contributed by atoms with Crippen LogP contribution in [0.5, 0.6) is 0 Å². The van der Waals surface area contributed by atoms with Crippen molar-refractivity contribution in [2.75, 3.05) is 5.32 Å². The van der Waals surface area contributed by atoms with Crippen LogP contribution in [0.1, 0.15) is 19.3 Å². The van der Waals surface area contributed by atoms with E-state index in [0.717, 1.165) is 0 Å². The average molecular weight is 251 g/mol. The zero-order valence-electron chi connectivity index (χ0n) is 9.57. The van der Waals surface area contributed by atoms with Crippen LogP contribution in [0, 0.1) is 16.0 Å². The maximum atomic E-state index is 10.8. The molecule has 0 saturated heterocycles. The molecule has 0 amide bonds. The summed E-state index contributed by atoms with van der Waals surface area (Å²) in [7, 11) is 0. The van der Waals surface area contributed by atoms with Crippen molar-refractivity contribution in [2.45, 2.75) is 25.3 Å². The van der Waals surface area contributed by atoms with Gasteiger partial charge in [-0.25, -0.2) is 0 Å². The summed E-state index contributed by atoms with van der Waals surface area (Å²) >= 11 is 0. The number of carboxylic acids is 1. The number of hydrogen-bond donors (Lipinski definition) is 2. The molecule has 18 heavy (non-hydrogen) atoms. The van der Waals surface area contributed by atoms with Crippen molar-refractivity contribution in [2.24, 2.45) is 5.92 Å². The molecule has 2 rings (SSSR count). The molecule has 1 aromatic rings. The fourth-order valence-electron chi connectivity index (χ4n) is 2.21. The highest BCUT2D eigenvalue weighted by molar-refractivity contribution is 5.70. The zero-order valence-corrected chi connectivity index (χ0v) is 9.57. The van der Waals surface area contributed by atoms with Crippen LogP contribution in [0.3, 0.4) is 0 Å². The smallest absolute Gasteiger partial charge is 0.310 e. The van der Waals surface area contributed by atoms with E-state index < -0.39 is 10.9 Å². The number of nitro groups is 1. The number of carboxylic acid groups (broad SMARTS) is 1. The van der Waals surface area contributed by atoms with Gasteiger partial charge < -0.3 is 10.4 Å². The Hall–Kier alpha value is -2.18. The SMILES string of the molecule is O=C(O)C1CCC(Nc2ccncc2[N+](=O)[O-])C1. The van der Waals surface area contributed by atoms with Crippen molar-refractivity contribution < 1.29 is 14.8 Å². The lowest BCUT2D eigenvalue weighted by Gasteiger charge is -2.13. The standard InChI is InChI=1S/C11H13N3O4/c15-11(16)7-1-2-8(5-7)13-9-3-4-12-6-10(9)14(17)18/h3-4,6-8H,1-2,5H2,(H,12,13)(H,15,16). The Kier molecular flexibility index (Phi) is 3.40. The van der Waals surface area contributed by atoms with Crippen molar-refractivity contribution >= 4 is 17.3 Å². The van der Waals surface area contributed by atoms with E-state index in [0.29, 0.717) is 24.9 Å². The van der Waals surface area contributed by atoms with Gasteiger partial charge in [-0.3, -0.25) is 19.9 Å². The van der Waals surface area contributed by atoms with Crippen molar-refractivity contribution in [3.63, 3.8) is 0 Å². The molecule has 1 aromatic heterocycles. The van der Waals surface area contributed by atoms with E-state index >= 15 is 0 Å². The third-order valence-corrected chi connectivity index (χ3v) is 3.14. The Morgan fingerprint density at radius 2 is 2.33 bits per heavy atom. The molecule has 0 spiro atoms. The number of nitrogens with one attached hydrogen (secondary N) is 1. The average Bonchev–Trinajstić information content (AvgIpc) is 2.78. The lowest BCUT2D eigenvalue weighted by atomic mass is 10.1. The topological polar surface area (TPSA) is 105 Å². The minimum atomic E-state index is -0.802. The molecule has 1 fully saturated rings. The molecule has 1 aliphatic rings. The number of nitrogens with zero attached hydrogens (tertiary/aromatic N) is 2. The van der Waals surface area contributed by atoms with Gasteiger partial charge in [-0.2, -0.15) is 0 Å². The summed E-state index contributed by atoms with van der Waals surface area (Å²) in [5.41, 5.74) is 0.308. The molecule has 7 nitrogen and oxygen atoms in total. The first kappa shape index (κ1) is 12.3. The van der Waals surface area contributed by atoms with E-state index in [2.05, 4.69) is 10.3 Å². The monoisotopic (exact) mass is 251 g/mol. The number of hydrogen-bond acceptors (Lipinski definition) is 5. The normalized spacial score (nSPS) is 22.7. The lowest BCUT2D eigenvalue weighted by molar-refractivity contribution is -0.384. The van der Waals surface area contributed by atoms with Gasteiger partial charge in [-0.15, -0.1) is 0 Å². The number of anilines is 1. The van der Waals surface area contributed by atoms with Crippen LogP contribution in [0.15, 0.2) is 18.5 Å². The van der Waals surface area contributed by atoms with Crippen LogP contribution in [0.2, 0.25) is 0 Å². The first-order chi connectivity index (χ1) is 8.58. The number of aliphatic carboxylic acids is 1. The molecule has 2 N–H and O–H groups in total. The van der Waals surface area contributed by atoms with Crippen LogP contribution in [0.25, 0.3) is 0 Å². The summed E-state index contributed by atoms with van der Waals surface area (Å²) in [6.07, 6.45) is 4.46. The summed E-state index contributed by atoms with van der Waals surface area (Å²) < 4.78 is 0. The van der Waals surface area contributed by atoms with Crippen LogP contribution in [0.4, 0.5) is 11.4 Å². The second-order valence-corrected chi connectivity index (χ2v) is 4.34. The molecule has 1 heterocycles. The van der Waals surface area contributed by atoms with Crippen LogP contribution < -0.4 is 5.32 Å². The van der Waals surface area contributed by atoms with Crippen LogP contribution in [-0.4, -0.2) is 27.0 Å². The van der Waals surface area contributed by atoms with E-state index in [1.165, 1.54) is 18.5 Å². The quantitative estimate of drug-likeness (QED) is 0.622. The van der Waals surface area contributed by atoms with E-state index in [9.17, 15) is 14.9 Å². The number of carbonyl (C=O) groups is 1. The molecule has 1 aliphatic carbocycles. The summed E-state index contributed by atoms with van der Waals surface area (Å²) in [6.45, 7) is 0. The number of rotatable bonds is 4. The Morgan fingerprint density at radius 3 is 2.94 bits per heavy atom. The molecular weight excluding hydrogens is 238 g/mol. The third kappa shape index (κ3) is 2.55. The summed E-state index contributed by atoms with van der Waals surface area (Å²) in [5.74, 6) is -1.16.